The maximum atomic E-state index is 12.8. The van der Waals surface area contributed by atoms with Gasteiger partial charge in [0.1, 0.15) is 11.4 Å². The number of nitrogens with zero attached hydrogens (tertiary/aromatic N) is 4. The van der Waals surface area contributed by atoms with Gasteiger partial charge in [0.05, 0.1) is 18.4 Å². The highest BCUT2D eigenvalue weighted by molar-refractivity contribution is 7.28. The van der Waals surface area contributed by atoms with Crippen LogP contribution in [0.3, 0.4) is 0 Å². The van der Waals surface area contributed by atoms with Crippen LogP contribution in [0.5, 0.6) is 0 Å². The minimum atomic E-state index is -4.49. The van der Waals surface area contributed by atoms with Crippen LogP contribution < -0.4 is 15.9 Å². The Balaban J connectivity index is 1.45. The molecular weight excluding hydrogens is 424 g/mol. The van der Waals surface area contributed by atoms with Gasteiger partial charge in [0, 0.05) is 23.3 Å². The van der Waals surface area contributed by atoms with Crippen LogP contribution in [0, 0.1) is 0 Å². The van der Waals surface area contributed by atoms with Crippen molar-refractivity contribution in [2.75, 3.05) is 10.6 Å². The molecule has 0 amide bonds. The Morgan fingerprint density at radius 3 is 2.61 bits per heavy atom. The lowest BCUT2D eigenvalue weighted by Gasteiger charge is -2.10. The van der Waals surface area contributed by atoms with E-state index in [2.05, 4.69) is 35.2 Å². The standard InChI is InChI=1S/C21H18F3N6P/c22-21(23,24)20-11-14(8-9-25-20)26-12-16-13-30(29-28-16)17-5-3-4-15(10-17)27-18-6-1-2-7-19(18)31/h1-11,13,27H,12,31H2,(H,25,26). The van der Waals surface area contributed by atoms with Crippen molar-refractivity contribution in [3.8, 4) is 5.69 Å². The van der Waals surface area contributed by atoms with Gasteiger partial charge in [0.15, 0.2) is 0 Å². The second kappa shape index (κ2) is 8.73. The van der Waals surface area contributed by atoms with Gasteiger partial charge in [-0.25, -0.2) is 4.68 Å². The van der Waals surface area contributed by atoms with E-state index in [0.717, 1.165) is 34.6 Å². The number of rotatable bonds is 6. The van der Waals surface area contributed by atoms with Crippen molar-refractivity contribution in [2.24, 2.45) is 0 Å². The Kier molecular flexibility index (Phi) is 5.86. The molecule has 4 aromatic rings. The molecule has 0 aliphatic rings. The minimum Gasteiger partial charge on any atom is -0.379 e. The quantitative estimate of drug-likeness (QED) is 0.430. The summed E-state index contributed by atoms with van der Waals surface area (Å²) >= 11 is 0. The fourth-order valence-electron chi connectivity index (χ4n) is 2.89. The van der Waals surface area contributed by atoms with E-state index in [-0.39, 0.29) is 6.54 Å². The average Bonchev–Trinajstić information content (AvgIpc) is 3.23. The van der Waals surface area contributed by atoms with Crippen LogP contribution in [0.4, 0.5) is 30.2 Å². The number of para-hydroxylation sites is 1. The zero-order valence-corrected chi connectivity index (χ0v) is 17.3. The Morgan fingerprint density at radius 2 is 1.81 bits per heavy atom. The molecule has 0 saturated carbocycles. The number of hydrogen-bond donors (Lipinski definition) is 2. The van der Waals surface area contributed by atoms with Crippen molar-refractivity contribution in [3.63, 3.8) is 0 Å². The van der Waals surface area contributed by atoms with Gasteiger partial charge >= 0.3 is 6.18 Å². The lowest BCUT2D eigenvalue weighted by Crippen LogP contribution is -2.09. The second-order valence-corrected chi connectivity index (χ2v) is 7.32. The third-order valence-corrected chi connectivity index (χ3v) is 4.92. The summed E-state index contributed by atoms with van der Waals surface area (Å²) in [5.74, 6) is 0. The molecule has 0 spiro atoms. The Morgan fingerprint density at radius 1 is 0.968 bits per heavy atom. The number of benzene rings is 2. The van der Waals surface area contributed by atoms with E-state index in [0.29, 0.717) is 11.4 Å². The van der Waals surface area contributed by atoms with E-state index in [1.807, 2.05) is 48.5 Å². The van der Waals surface area contributed by atoms with Crippen LogP contribution in [0.2, 0.25) is 0 Å². The van der Waals surface area contributed by atoms with E-state index < -0.39 is 11.9 Å². The molecule has 2 aromatic carbocycles. The third-order valence-electron chi connectivity index (χ3n) is 4.42. The topological polar surface area (TPSA) is 67.7 Å². The summed E-state index contributed by atoms with van der Waals surface area (Å²) in [5.41, 5.74) is 2.60. The molecule has 2 aromatic heterocycles. The summed E-state index contributed by atoms with van der Waals surface area (Å²) in [7, 11) is 2.69. The SMILES string of the molecule is FC(F)(F)c1cc(NCc2cn(-c3cccc(Nc4ccccc4P)c3)nn2)ccn1. The highest BCUT2D eigenvalue weighted by Crippen LogP contribution is 2.29. The lowest BCUT2D eigenvalue weighted by atomic mass is 10.2. The van der Waals surface area contributed by atoms with Crippen LogP contribution in [-0.4, -0.2) is 20.0 Å². The number of pyridine rings is 1. The number of nitrogens with one attached hydrogen (secondary N) is 2. The summed E-state index contributed by atoms with van der Waals surface area (Å²) in [6, 6.07) is 18.0. The average molecular weight is 442 g/mol. The summed E-state index contributed by atoms with van der Waals surface area (Å²) in [6.07, 6.45) is -1.65. The molecule has 1 unspecified atom stereocenters. The number of alkyl halides is 3. The van der Waals surface area contributed by atoms with Gasteiger partial charge in [-0.3, -0.25) is 4.98 Å². The maximum absolute atomic E-state index is 12.8. The molecule has 158 valence electrons. The monoisotopic (exact) mass is 442 g/mol. The molecule has 0 bridgehead atoms. The molecule has 0 fully saturated rings. The van der Waals surface area contributed by atoms with E-state index in [1.165, 1.54) is 6.07 Å². The van der Waals surface area contributed by atoms with E-state index in [9.17, 15) is 13.2 Å². The first-order valence-electron chi connectivity index (χ1n) is 9.29. The number of aromatic nitrogens is 4. The van der Waals surface area contributed by atoms with Gasteiger partial charge in [-0.15, -0.1) is 14.3 Å². The maximum Gasteiger partial charge on any atom is 0.433 e. The highest BCUT2D eigenvalue weighted by atomic mass is 31.0. The Hall–Kier alpha value is -3.45. The molecule has 0 aliphatic heterocycles. The zero-order valence-electron chi connectivity index (χ0n) is 16.1. The molecule has 0 aliphatic carbocycles. The molecule has 4 rings (SSSR count). The van der Waals surface area contributed by atoms with Gasteiger partial charge in [-0.1, -0.05) is 29.5 Å². The molecule has 0 radical (unpaired) electrons. The van der Waals surface area contributed by atoms with E-state index in [1.54, 1.807) is 10.9 Å². The van der Waals surface area contributed by atoms with Gasteiger partial charge in [-0.2, -0.15) is 13.2 Å². The number of anilines is 3. The van der Waals surface area contributed by atoms with Crippen molar-refractivity contribution in [1.29, 1.82) is 0 Å². The first-order valence-corrected chi connectivity index (χ1v) is 9.86. The summed E-state index contributed by atoms with van der Waals surface area (Å²) in [4.78, 5) is 3.35. The van der Waals surface area contributed by atoms with Crippen LogP contribution in [0.1, 0.15) is 11.4 Å². The van der Waals surface area contributed by atoms with Crippen molar-refractivity contribution >= 4 is 31.6 Å². The predicted molar refractivity (Wildman–Crippen MR) is 117 cm³/mol. The van der Waals surface area contributed by atoms with Gasteiger partial charge in [-0.05, 0) is 41.7 Å². The fourth-order valence-corrected chi connectivity index (χ4v) is 3.17. The van der Waals surface area contributed by atoms with Crippen molar-refractivity contribution in [1.82, 2.24) is 20.0 Å². The summed E-state index contributed by atoms with van der Waals surface area (Å²) in [6.45, 7) is 0.222. The molecular formula is C21H18F3N6P. The Labute approximate surface area is 178 Å². The molecule has 1 atom stereocenters. The van der Waals surface area contributed by atoms with Crippen LogP contribution in [-0.2, 0) is 12.7 Å². The first-order chi connectivity index (χ1) is 14.9. The highest BCUT2D eigenvalue weighted by Gasteiger charge is 2.32. The molecule has 2 heterocycles. The van der Waals surface area contributed by atoms with Crippen molar-refractivity contribution in [2.45, 2.75) is 12.7 Å². The van der Waals surface area contributed by atoms with Crippen molar-refractivity contribution in [3.05, 3.63) is 84.4 Å². The predicted octanol–water partition coefficient (Wildman–Crippen LogP) is 4.54. The normalized spacial score (nSPS) is 11.4. The fraction of sp³-hybridized carbons (Fsp3) is 0.0952. The lowest BCUT2D eigenvalue weighted by molar-refractivity contribution is -0.141. The second-order valence-electron chi connectivity index (χ2n) is 6.70. The molecule has 10 heteroatoms. The van der Waals surface area contributed by atoms with Crippen LogP contribution in [0.15, 0.2) is 73.1 Å². The third kappa shape index (κ3) is 5.19. The van der Waals surface area contributed by atoms with Crippen LogP contribution in [0.25, 0.3) is 5.69 Å². The Bertz CT molecular complexity index is 1190. The smallest absolute Gasteiger partial charge is 0.379 e. The molecule has 31 heavy (non-hydrogen) atoms. The first kappa shape index (κ1) is 20.8. The minimum absolute atomic E-state index is 0.222. The molecule has 2 N–H and O–H groups in total. The van der Waals surface area contributed by atoms with E-state index >= 15 is 0 Å². The number of halogens is 3. The molecule has 6 nitrogen and oxygen atoms in total. The largest absolute Gasteiger partial charge is 0.433 e. The molecule has 0 saturated heterocycles. The summed E-state index contributed by atoms with van der Waals surface area (Å²) < 4.78 is 40.0. The number of hydrogen-bond acceptors (Lipinski definition) is 5. The summed E-state index contributed by atoms with van der Waals surface area (Å²) in [5, 5.41) is 15.5. The van der Waals surface area contributed by atoms with Crippen LogP contribution >= 0.6 is 9.24 Å². The van der Waals surface area contributed by atoms with E-state index in [4.69, 9.17) is 0 Å². The zero-order chi connectivity index (χ0) is 21.8. The van der Waals surface area contributed by atoms with Gasteiger partial charge < -0.3 is 10.6 Å². The van der Waals surface area contributed by atoms with Gasteiger partial charge in [0.2, 0.25) is 0 Å². The van der Waals surface area contributed by atoms with Crippen molar-refractivity contribution < 1.29 is 13.2 Å². The van der Waals surface area contributed by atoms with Gasteiger partial charge in [0.25, 0.3) is 0 Å².